The first-order chi connectivity index (χ1) is 13.3. The lowest BCUT2D eigenvalue weighted by Gasteiger charge is -2.24. The lowest BCUT2D eigenvalue weighted by molar-refractivity contribution is 0.0836. The predicted octanol–water partition coefficient (Wildman–Crippen LogP) is 3.76. The molecule has 0 saturated heterocycles. The molecule has 3 heterocycles. The van der Waals surface area contributed by atoms with Crippen LogP contribution in [0.5, 0.6) is 17.2 Å². The van der Waals surface area contributed by atoms with Crippen LogP contribution in [-0.4, -0.2) is 33.0 Å². The van der Waals surface area contributed by atoms with Crippen molar-refractivity contribution in [1.29, 1.82) is 0 Å². The summed E-state index contributed by atoms with van der Waals surface area (Å²) < 4.78 is 19.3. The number of ether oxygens (including phenoxy) is 3. The molecule has 0 spiro atoms. The van der Waals surface area contributed by atoms with Gasteiger partial charge < -0.3 is 14.2 Å². The maximum absolute atomic E-state index is 6.05. The molecule has 0 saturated carbocycles. The van der Waals surface area contributed by atoms with Crippen LogP contribution in [0.4, 0.5) is 0 Å². The number of aromatic nitrogens is 4. The summed E-state index contributed by atoms with van der Waals surface area (Å²) >= 11 is 1.46. The highest BCUT2D eigenvalue weighted by Gasteiger charge is 2.28. The van der Waals surface area contributed by atoms with Crippen molar-refractivity contribution in [2.75, 3.05) is 13.2 Å². The van der Waals surface area contributed by atoms with E-state index in [1.165, 1.54) is 11.3 Å². The molecular formula is C19H16N4O3S. The van der Waals surface area contributed by atoms with Crippen molar-refractivity contribution >= 4 is 16.3 Å². The fourth-order valence-corrected chi connectivity index (χ4v) is 3.89. The molecule has 1 aliphatic rings. The van der Waals surface area contributed by atoms with E-state index in [0.717, 1.165) is 22.1 Å². The van der Waals surface area contributed by atoms with Crippen molar-refractivity contribution in [2.24, 2.45) is 0 Å². The van der Waals surface area contributed by atoms with Crippen LogP contribution in [0.15, 0.2) is 48.5 Å². The molecule has 0 unspecified atom stereocenters. The Morgan fingerprint density at radius 1 is 1.11 bits per heavy atom. The fraction of sp³-hybridized carbons (Fsp3) is 0.211. The van der Waals surface area contributed by atoms with Gasteiger partial charge in [0.2, 0.25) is 4.96 Å². The minimum atomic E-state index is -0.369. The zero-order valence-electron chi connectivity index (χ0n) is 14.5. The second-order valence-electron chi connectivity index (χ2n) is 5.95. The summed E-state index contributed by atoms with van der Waals surface area (Å²) in [5.41, 5.74) is 0.937. The lowest BCUT2D eigenvalue weighted by atomic mass is 10.2. The standard InChI is InChI=1S/C19H16N4O3S/c1-2-24-13-8-4-3-7-12(13)18-22-23-17(20-21-19(23)27-18)16-11-25-14-9-5-6-10-15(14)26-16/h3-10,16H,2,11H2,1H3/t16-/m0/s1. The van der Waals surface area contributed by atoms with Gasteiger partial charge in [-0.25, -0.2) is 0 Å². The van der Waals surface area contributed by atoms with Crippen molar-refractivity contribution in [2.45, 2.75) is 13.0 Å². The van der Waals surface area contributed by atoms with Gasteiger partial charge in [0.15, 0.2) is 28.4 Å². The molecule has 7 nitrogen and oxygen atoms in total. The van der Waals surface area contributed by atoms with E-state index >= 15 is 0 Å². The largest absolute Gasteiger partial charge is 0.493 e. The van der Waals surface area contributed by atoms with Gasteiger partial charge in [0.25, 0.3) is 0 Å². The lowest BCUT2D eigenvalue weighted by Crippen LogP contribution is -2.23. The molecule has 1 atom stereocenters. The van der Waals surface area contributed by atoms with Crippen LogP contribution >= 0.6 is 11.3 Å². The van der Waals surface area contributed by atoms with Crippen LogP contribution < -0.4 is 14.2 Å². The zero-order chi connectivity index (χ0) is 18.2. The van der Waals surface area contributed by atoms with Gasteiger partial charge in [-0.3, -0.25) is 0 Å². The number of benzene rings is 2. The number of hydrogen-bond acceptors (Lipinski definition) is 7. The third kappa shape index (κ3) is 2.78. The van der Waals surface area contributed by atoms with Gasteiger partial charge >= 0.3 is 0 Å². The third-order valence-electron chi connectivity index (χ3n) is 4.23. The molecule has 0 aliphatic carbocycles. The van der Waals surface area contributed by atoms with Crippen molar-refractivity contribution in [3.63, 3.8) is 0 Å². The number of nitrogens with zero attached hydrogens (tertiary/aromatic N) is 4. The highest BCUT2D eigenvalue weighted by molar-refractivity contribution is 7.19. The molecule has 0 radical (unpaired) electrons. The molecule has 5 rings (SSSR count). The van der Waals surface area contributed by atoms with Crippen LogP contribution in [0.3, 0.4) is 0 Å². The predicted molar refractivity (Wildman–Crippen MR) is 101 cm³/mol. The maximum atomic E-state index is 6.05. The zero-order valence-corrected chi connectivity index (χ0v) is 15.3. The number of para-hydroxylation sites is 3. The van der Waals surface area contributed by atoms with E-state index in [1.54, 1.807) is 4.52 Å². The first-order valence-electron chi connectivity index (χ1n) is 8.66. The Kier molecular flexibility index (Phi) is 3.90. The normalized spacial score (nSPS) is 15.8. The van der Waals surface area contributed by atoms with Gasteiger partial charge in [0.1, 0.15) is 12.4 Å². The van der Waals surface area contributed by atoms with Gasteiger partial charge in [-0.1, -0.05) is 35.6 Å². The first kappa shape index (κ1) is 16.1. The van der Waals surface area contributed by atoms with Gasteiger partial charge in [-0.05, 0) is 31.2 Å². The van der Waals surface area contributed by atoms with Crippen LogP contribution in [0, 0.1) is 0 Å². The summed E-state index contributed by atoms with van der Waals surface area (Å²) in [6, 6.07) is 15.4. The highest BCUT2D eigenvalue weighted by Crippen LogP contribution is 2.37. The van der Waals surface area contributed by atoms with E-state index in [4.69, 9.17) is 19.3 Å². The van der Waals surface area contributed by atoms with Crippen LogP contribution in [0.1, 0.15) is 18.9 Å². The topological polar surface area (TPSA) is 70.8 Å². The van der Waals surface area contributed by atoms with Crippen LogP contribution in [-0.2, 0) is 0 Å². The number of hydrogen-bond donors (Lipinski definition) is 0. The van der Waals surface area contributed by atoms with Gasteiger partial charge in [0, 0.05) is 0 Å². The summed E-state index contributed by atoms with van der Waals surface area (Å²) in [5.74, 6) is 2.86. The molecule has 136 valence electrons. The molecule has 8 heteroatoms. The number of rotatable bonds is 4. The molecule has 0 amide bonds. The van der Waals surface area contributed by atoms with Crippen LogP contribution in [0.2, 0.25) is 0 Å². The Hall–Kier alpha value is -3.13. The van der Waals surface area contributed by atoms with E-state index in [0.29, 0.717) is 29.7 Å². The average molecular weight is 380 g/mol. The molecule has 0 N–H and O–H groups in total. The minimum absolute atomic E-state index is 0.361. The van der Waals surface area contributed by atoms with Crippen molar-refractivity contribution in [3.8, 4) is 27.8 Å². The molecular weight excluding hydrogens is 364 g/mol. The Labute approximate surface area is 159 Å². The molecule has 27 heavy (non-hydrogen) atoms. The van der Waals surface area contributed by atoms with Gasteiger partial charge in [-0.15, -0.1) is 10.2 Å². The number of fused-ring (bicyclic) bond motifs is 2. The third-order valence-corrected chi connectivity index (χ3v) is 5.16. The molecule has 1 aliphatic heterocycles. The minimum Gasteiger partial charge on any atom is -0.493 e. The SMILES string of the molecule is CCOc1ccccc1-c1nn2c([C@@H]3COc4ccccc4O3)nnc2s1. The van der Waals surface area contributed by atoms with E-state index in [1.807, 2.05) is 55.5 Å². The average Bonchev–Trinajstić information content (AvgIpc) is 3.29. The summed E-state index contributed by atoms with van der Waals surface area (Å²) in [6.45, 7) is 2.92. The van der Waals surface area contributed by atoms with E-state index < -0.39 is 0 Å². The Morgan fingerprint density at radius 3 is 2.81 bits per heavy atom. The van der Waals surface area contributed by atoms with E-state index in [9.17, 15) is 0 Å². The summed E-state index contributed by atoms with van der Waals surface area (Å²) in [7, 11) is 0. The second-order valence-corrected chi connectivity index (χ2v) is 6.91. The summed E-state index contributed by atoms with van der Waals surface area (Å²) in [5, 5.41) is 14.1. The van der Waals surface area contributed by atoms with Crippen molar-refractivity contribution in [1.82, 2.24) is 19.8 Å². The smallest absolute Gasteiger partial charge is 0.235 e. The molecule has 0 fully saturated rings. The van der Waals surface area contributed by atoms with Crippen LogP contribution in [0.25, 0.3) is 15.5 Å². The molecule has 2 aromatic heterocycles. The van der Waals surface area contributed by atoms with E-state index in [-0.39, 0.29) is 6.10 Å². The Morgan fingerprint density at radius 2 is 1.93 bits per heavy atom. The quantitative estimate of drug-likeness (QED) is 0.537. The Balaban J connectivity index is 1.52. The first-order valence-corrected chi connectivity index (χ1v) is 9.48. The highest BCUT2D eigenvalue weighted by atomic mass is 32.1. The fourth-order valence-electron chi connectivity index (χ4n) is 3.01. The van der Waals surface area contributed by atoms with Gasteiger partial charge in [-0.2, -0.15) is 9.61 Å². The molecule has 4 aromatic rings. The monoisotopic (exact) mass is 380 g/mol. The van der Waals surface area contributed by atoms with Crippen molar-refractivity contribution in [3.05, 3.63) is 54.4 Å². The maximum Gasteiger partial charge on any atom is 0.235 e. The summed E-state index contributed by atoms with van der Waals surface area (Å²) in [6.07, 6.45) is -0.369. The van der Waals surface area contributed by atoms with Gasteiger partial charge in [0.05, 0.1) is 12.2 Å². The summed E-state index contributed by atoms with van der Waals surface area (Å²) in [4.78, 5) is 0.703. The van der Waals surface area contributed by atoms with E-state index in [2.05, 4.69) is 10.2 Å². The van der Waals surface area contributed by atoms with Crippen molar-refractivity contribution < 1.29 is 14.2 Å². The second kappa shape index (κ2) is 6.55. The Bertz CT molecular complexity index is 1110. The molecule has 2 aromatic carbocycles. The molecule has 0 bridgehead atoms.